The molecule has 0 aromatic carbocycles. The molecule has 0 aliphatic heterocycles. The summed E-state index contributed by atoms with van der Waals surface area (Å²) < 4.78 is 0. The number of allylic oxidation sites excluding steroid dienone is 3. The van der Waals surface area contributed by atoms with Gasteiger partial charge in [-0.2, -0.15) is 0 Å². The third-order valence-electron chi connectivity index (χ3n) is 4.66. The van der Waals surface area contributed by atoms with Crippen molar-refractivity contribution in [2.24, 2.45) is 17.8 Å². The van der Waals surface area contributed by atoms with Crippen LogP contribution in [0.25, 0.3) is 0 Å². The van der Waals surface area contributed by atoms with E-state index in [9.17, 15) is 0 Å². The van der Waals surface area contributed by atoms with Gasteiger partial charge in [0, 0.05) is 12.1 Å². The minimum Gasteiger partial charge on any atom is -0.311 e. The summed E-state index contributed by atoms with van der Waals surface area (Å²) in [5.41, 5.74) is 0. The monoisotopic (exact) mass is 279 g/mol. The average molecular weight is 280 g/mol. The lowest BCUT2D eigenvalue weighted by Crippen LogP contribution is -2.41. The highest BCUT2D eigenvalue weighted by Crippen LogP contribution is 2.22. The van der Waals surface area contributed by atoms with Crippen LogP contribution in [-0.2, 0) is 0 Å². The van der Waals surface area contributed by atoms with Gasteiger partial charge in [-0.1, -0.05) is 45.4 Å². The molecule has 118 valence electrons. The maximum atomic E-state index is 3.93. The van der Waals surface area contributed by atoms with Gasteiger partial charge in [0.05, 0.1) is 0 Å². The van der Waals surface area contributed by atoms with E-state index in [-0.39, 0.29) is 0 Å². The van der Waals surface area contributed by atoms with Gasteiger partial charge < -0.3 is 5.32 Å². The second kappa shape index (κ2) is 11.1. The lowest BCUT2D eigenvalue weighted by molar-refractivity contribution is 0.276. The SMILES string of the molecule is C=CC(CC)CCC(C)NC(C)C(CC)C(C)/C=C/C. The van der Waals surface area contributed by atoms with E-state index in [0.717, 1.165) is 5.92 Å². The molecule has 1 N–H and O–H groups in total. The molecule has 0 amide bonds. The first-order valence-electron chi connectivity index (χ1n) is 8.51. The zero-order valence-corrected chi connectivity index (χ0v) is 14.7. The van der Waals surface area contributed by atoms with Gasteiger partial charge in [0.25, 0.3) is 0 Å². The highest BCUT2D eigenvalue weighted by molar-refractivity contribution is 4.90. The van der Waals surface area contributed by atoms with Crippen LogP contribution in [-0.4, -0.2) is 12.1 Å². The van der Waals surface area contributed by atoms with Crippen LogP contribution in [0.2, 0.25) is 0 Å². The molecule has 20 heavy (non-hydrogen) atoms. The number of hydrogen-bond donors (Lipinski definition) is 1. The van der Waals surface area contributed by atoms with Gasteiger partial charge in [0.2, 0.25) is 0 Å². The first-order chi connectivity index (χ1) is 9.49. The predicted octanol–water partition coefficient (Wildman–Crippen LogP) is 5.58. The van der Waals surface area contributed by atoms with Gasteiger partial charge >= 0.3 is 0 Å². The Labute approximate surface area is 127 Å². The molecule has 1 heteroatoms. The van der Waals surface area contributed by atoms with Crippen molar-refractivity contribution in [1.82, 2.24) is 5.32 Å². The Morgan fingerprint density at radius 1 is 1.05 bits per heavy atom. The Hall–Kier alpha value is -0.560. The molecule has 0 spiro atoms. The minimum atomic E-state index is 0.574. The molecule has 0 bridgehead atoms. The molecular formula is C19H37N. The van der Waals surface area contributed by atoms with Crippen molar-refractivity contribution in [3.05, 3.63) is 24.8 Å². The van der Waals surface area contributed by atoms with E-state index in [0.29, 0.717) is 23.9 Å². The lowest BCUT2D eigenvalue weighted by atomic mass is 9.85. The Morgan fingerprint density at radius 2 is 1.70 bits per heavy atom. The molecule has 5 atom stereocenters. The smallest absolute Gasteiger partial charge is 0.00748 e. The largest absolute Gasteiger partial charge is 0.311 e. The number of hydrogen-bond acceptors (Lipinski definition) is 1. The van der Waals surface area contributed by atoms with Gasteiger partial charge in [-0.3, -0.25) is 0 Å². The molecule has 0 heterocycles. The highest BCUT2D eigenvalue weighted by Gasteiger charge is 2.21. The van der Waals surface area contributed by atoms with Crippen molar-refractivity contribution in [2.45, 2.75) is 79.3 Å². The first-order valence-corrected chi connectivity index (χ1v) is 8.51. The quantitative estimate of drug-likeness (QED) is 0.487. The molecular weight excluding hydrogens is 242 g/mol. The summed E-state index contributed by atoms with van der Waals surface area (Å²) in [5.74, 6) is 2.05. The lowest BCUT2D eigenvalue weighted by Gasteiger charge is -2.30. The fourth-order valence-electron chi connectivity index (χ4n) is 3.24. The molecule has 0 saturated heterocycles. The molecule has 0 saturated carbocycles. The Bertz CT molecular complexity index is 269. The van der Waals surface area contributed by atoms with Gasteiger partial charge in [0.1, 0.15) is 0 Å². The van der Waals surface area contributed by atoms with Crippen LogP contribution < -0.4 is 5.32 Å². The Balaban J connectivity index is 4.27. The summed E-state index contributed by atoms with van der Waals surface area (Å²) in [7, 11) is 0. The van der Waals surface area contributed by atoms with Crippen molar-refractivity contribution in [2.75, 3.05) is 0 Å². The topological polar surface area (TPSA) is 12.0 Å². The summed E-state index contributed by atoms with van der Waals surface area (Å²) in [6, 6.07) is 1.16. The molecule has 0 aromatic rings. The fourth-order valence-corrected chi connectivity index (χ4v) is 3.24. The molecule has 0 aromatic heterocycles. The third-order valence-corrected chi connectivity index (χ3v) is 4.66. The average Bonchev–Trinajstić information content (AvgIpc) is 2.40. The number of nitrogens with one attached hydrogen (secondary N) is 1. The van der Waals surface area contributed by atoms with Crippen LogP contribution in [0.5, 0.6) is 0 Å². The van der Waals surface area contributed by atoms with E-state index in [1.165, 1.54) is 25.7 Å². The van der Waals surface area contributed by atoms with Crippen molar-refractivity contribution < 1.29 is 0 Å². The first kappa shape index (κ1) is 19.4. The molecule has 0 aliphatic carbocycles. The van der Waals surface area contributed by atoms with E-state index in [4.69, 9.17) is 0 Å². The van der Waals surface area contributed by atoms with E-state index in [1.54, 1.807) is 0 Å². The summed E-state index contributed by atoms with van der Waals surface area (Å²) in [6.45, 7) is 17.6. The summed E-state index contributed by atoms with van der Waals surface area (Å²) >= 11 is 0. The summed E-state index contributed by atoms with van der Waals surface area (Å²) in [6.07, 6.45) is 11.6. The molecule has 0 fully saturated rings. The standard InChI is InChI=1S/C19H37N/c1-8-12-15(5)19(11-4)17(7)20-16(6)13-14-18(9-2)10-3/h8-9,12,15-20H,2,10-11,13-14H2,1,3-7H3/b12-8+. The third kappa shape index (κ3) is 7.28. The summed E-state index contributed by atoms with van der Waals surface area (Å²) in [5, 5.41) is 3.81. The zero-order valence-electron chi connectivity index (χ0n) is 14.7. The van der Waals surface area contributed by atoms with E-state index < -0.39 is 0 Å². The fraction of sp³-hybridized carbons (Fsp3) is 0.789. The van der Waals surface area contributed by atoms with Crippen molar-refractivity contribution in [3.8, 4) is 0 Å². The second-order valence-electron chi connectivity index (χ2n) is 6.29. The van der Waals surface area contributed by atoms with E-state index >= 15 is 0 Å². The van der Waals surface area contributed by atoms with Gasteiger partial charge in [-0.25, -0.2) is 0 Å². The minimum absolute atomic E-state index is 0.574. The van der Waals surface area contributed by atoms with E-state index in [2.05, 4.69) is 71.7 Å². The summed E-state index contributed by atoms with van der Waals surface area (Å²) in [4.78, 5) is 0. The molecule has 0 radical (unpaired) electrons. The predicted molar refractivity (Wildman–Crippen MR) is 93.0 cm³/mol. The van der Waals surface area contributed by atoms with E-state index in [1.807, 2.05) is 0 Å². The van der Waals surface area contributed by atoms with Gasteiger partial charge in [0.15, 0.2) is 0 Å². The number of rotatable bonds is 11. The molecule has 1 nitrogen and oxygen atoms in total. The maximum Gasteiger partial charge on any atom is 0.00748 e. The van der Waals surface area contributed by atoms with Crippen molar-refractivity contribution >= 4 is 0 Å². The van der Waals surface area contributed by atoms with Crippen LogP contribution in [0, 0.1) is 17.8 Å². The maximum absolute atomic E-state index is 3.93. The molecule has 0 rings (SSSR count). The molecule has 5 unspecified atom stereocenters. The van der Waals surface area contributed by atoms with Crippen LogP contribution in [0.4, 0.5) is 0 Å². The molecule has 0 aliphatic rings. The van der Waals surface area contributed by atoms with Gasteiger partial charge in [-0.05, 0) is 57.8 Å². The zero-order chi connectivity index (χ0) is 15.5. The van der Waals surface area contributed by atoms with Crippen molar-refractivity contribution in [1.29, 1.82) is 0 Å². The van der Waals surface area contributed by atoms with Crippen molar-refractivity contribution in [3.63, 3.8) is 0 Å². The van der Waals surface area contributed by atoms with Crippen LogP contribution in [0.15, 0.2) is 24.8 Å². The second-order valence-corrected chi connectivity index (χ2v) is 6.29. The van der Waals surface area contributed by atoms with Crippen LogP contribution in [0.3, 0.4) is 0 Å². The Morgan fingerprint density at radius 3 is 2.15 bits per heavy atom. The highest BCUT2D eigenvalue weighted by atomic mass is 14.9. The normalized spacial score (nSPS) is 19.5. The van der Waals surface area contributed by atoms with Crippen LogP contribution >= 0.6 is 0 Å². The van der Waals surface area contributed by atoms with Gasteiger partial charge in [-0.15, -0.1) is 6.58 Å². The Kier molecular flexibility index (Phi) is 10.8. The van der Waals surface area contributed by atoms with Crippen LogP contribution in [0.1, 0.15) is 67.2 Å².